The minimum absolute atomic E-state index is 0.795. The maximum absolute atomic E-state index is 6.11. The molecule has 4 rings (SSSR count). The van der Waals surface area contributed by atoms with Crippen LogP contribution < -0.4 is 5.73 Å². The van der Waals surface area contributed by atoms with Gasteiger partial charge in [-0.1, -0.05) is 6.07 Å². The SMILES string of the molecule is Nc1cc(CN2CCC(N3CCCC3)CC2)cc(C2CC2)c1. The lowest BCUT2D eigenvalue weighted by Gasteiger charge is -2.36. The zero-order chi connectivity index (χ0) is 14.9. The predicted octanol–water partition coefficient (Wildman–Crippen LogP) is 3.21. The van der Waals surface area contributed by atoms with Crippen molar-refractivity contribution < 1.29 is 0 Å². The summed E-state index contributed by atoms with van der Waals surface area (Å²) in [5, 5.41) is 0. The minimum Gasteiger partial charge on any atom is -0.399 e. The highest BCUT2D eigenvalue weighted by atomic mass is 15.2. The molecular weight excluding hydrogens is 270 g/mol. The molecule has 0 bridgehead atoms. The molecule has 2 N–H and O–H groups in total. The summed E-state index contributed by atoms with van der Waals surface area (Å²) in [7, 11) is 0. The standard InChI is InChI=1S/C19H29N3/c20-18-12-15(11-17(13-18)16-3-4-16)14-21-9-5-19(6-10-21)22-7-1-2-8-22/h11-13,16,19H,1-10,14,20H2. The largest absolute Gasteiger partial charge is 0.399 e. The highest BCUT2D eigenvalue weighted by Gasteiger charge is 2.27. The van der Waals surface area contributed by atoms with Crippen LogP contribution in [0.15, 0.2) is 18.2 Å². The summed E-state index contributed by atoms with van der Waals surface area (Å²) in [6.07, 6.45) is 8.21. The van der Waals surface area contributed by atoms with Crippen molar-refractivity contribution in [1.29, 1.82) is 0 Å². The fourth-order valence-corrected chi connectivity index (χ4v) is 4.30. The molecule has 0 amide bonds. The van der Waals surface area contributed by atoms with Gasteiger partial charge in [-0.05, 0) is 93.9 Å². The Balaban J connectivity index is 1.34. The van der Waals surface area contributed by atoms with Crippen LogP contribution in [0.2, 0.25) is 0 Å². The van der Waals surface area contributed by atoms with Gasteiger partial charge in [0.15, 0.2) is 0 Å². The number of rotatable bonds is 4. The van der Waals surface area contributed by atoms with E-state index in [1.807, 2.05) is 0 Å². The molecule has 2 heterocycles. The fourth-order valence-electron chi connectivity index (χ4n) is 4.30. The van der Waals surface area contributed by atoms with Gasteiger partial charge in [0.2, 0.25) is 0 Å². The molecule has 0 spiro atoms. The molecular formula is C19H29N3. The molecule has 1 saturated carbocycles. The minimum atomic E-state index is 0.795. The van der Waals surface area contributed by atoms with Crippen molar-refractivity contribution in [2.24, 2.45) is 0 Å². The zero-order valence-corrected chi connectivity index (χ0v) is 13.6. The average molecular weight is 299 g/mol. The molecule has 3 aliphatic rings. The lowest BCUT2D eigenvalue weighted by molar-refractivity contribution is 0.122. The van der Waals surface area contributed by atoms with Crippen molar-refractivity contribution >= 4 is 5.69 Å². The Kier molecular flexibility index (Phi) is 4.10. The third-order valence-corrected chi connectivity index (χ3v) is 5.71. The molecule has 120 valence electrons. The van der Waals surface area contributed by atoms with E-state index in [2.05, 4.69) is 28.0 Å². The van der Waals surface area contributed by atoms with Gasteiger partial charge in [0.1, 0.15) is 0 Å². The zero-order valence-electron chi connectivity index (χ0n) is 13.6. The maximum atomic E-state index is 6.11. The van der Waals surface area contributed by atoms with E-state index in [9.17, 15) is 0 Å². The number of hydrogen-bond acceptors (Lipinski definition) is 3. The van der Waals surface area contributed by atoms with Crippen LogP contribution in [-0.2, 0) is 6.54 Å². The summed E-state index contributed by atoms with van der Waals surface area (Å²) in [5.41, 5.74) is 9.95. The summed E-state index contributed by atoms with van der Waals surface area (Å²) in [6, 6.07) is 7.61. The first kappa shape index (κ1) is 14.5. The van der Waals surface area contributed by atoms with Crippen LogP contribution in [0.25, 0.3) is 0 Å². The van der Waals surface area contributed by atoms with Gasteiger partial charge < -0.3 is 10.6 Å². The molecule has 1 aromatic rings. The number of nitrogens with zero attached hydrogens (tertiary/aromatic N) is 2. The lowest BCUT2D eigenvalue weighted by atomic mass is 10.0. The lowest BCUT2D eigenvalue weighted by Crippen LogP contribution is -2.43. The van der Waals surface area contributed by atoms with Crippen LogP contribution in [0.5, 0.6) is 0 Å². The number of nitrogen functional groups attached to an aromatic ring is 1. The Labute approximate surface area is 134 Å². The smallest absolute Gasteiger partial charge is 0.0320 e. The first-order chi connectivity index (χ1) is 10.8. The Hall–Kier alpha value is -1.06. The molecule has 3 heteroatoms. The Morgan fingerprint density at radius 2 is 1.64 bits per heavy atom. The molecule has 0 aromatic heterocycles. The van der Waals surface area contributed by atoms with Crippen molar-refractivity contribution in [3.8, 4) is 0 Å². The highest BCUT2D eigenvalue weighted by Crippen LogP contribution is 2.41. The van der Waals surface area contributed by atoms with Gasteiger partial charge in [-0.3, -0.25) is 4.90 Å². The first-order valence-electron chi connectivity index (χ1n) is 9.14. The van der Waals surface area contributed by atoms with Crippen molar-refractivity contribution in [2.45, 2.75) is 57.0 Å². The van der Waals surface area contributed by atoms with Crippen molar-refractivity contribution in [3.05, 3.63) is 29.3 Å². The second kappa shape index (κ2) is 6.21. The molecule has 1 aromatic carbocycles. The normalized spacial score (nSPS) is 24.9. The second-order valence-corrected chi connectivity index (χ2v) is 7.53. The topological polar surface area (TPSA) is 32.5 Å². The molecule has 22 heavy (non-hydrogen) atoms. The molecule has 1 aliphatic carbocycles. The summed E-state index contributed by atoms with van der Waals surface area (Å²) in [5.74, 6) is 0.795. The van der Waals surface area contributed by atoms with E-state index >= 15 is 0 Å². The highest BCUT2D eigenvalue weighted by molar-refractivity contribution is 5.46. The average Bonchev–Trinajstić information content (AvgIpc) is 3.23. The number of likely N-dealkylation sites (tertiary alicyclic amines) is 2. The van der Waals surface area contributed by atoms with Crippen molar-refractivity contribution in [3.63, 3.8) is 0 Å². The van der Waals surface area contributed by atoms with Gasteiger partial charge in [-0.2, -0.15) is 0 Å². The monoisotopic (exact) mass is 299 g/mol. The van der Waals surface area contributed by atoms with Gasteiger partial charge in [-0.15, -0.1) is 0 Å². The van der Waals surface area contributed by atoms with E-state index in [-0.39, 0.29) is 0 Å². The van der Waals surface area contributed by atoms with E-state index in [1.54, 1.807) is 0 Å². The van der Waals surface area contributed by atoms with Crippen LogP contribution in [0.4, 0.5) is 5.69 Å². The Bertz CT molecular complexity index is 509. The van der Waals surface area contributed by atoms with E-state index < -0.39 is 0 Å². The predicted molar refractivity (Wildman–Crippen MR) is 91.9 cm³/mol. The van der Waals surface area contributed by atoms with E-state index in [1.165, 1.54) is 75.8 Å². The third kappa shape index (κ3) is 3.31. The van der Waals surface area contributed by atoms with Crippen LogP contribution >= 0.6 is 0 Å². The maximum Gasteiger partial charge on any atom is 0.0320 e. The summed E-state index contributed by atoms with van der Waals surface area (Å²) >= 11 is 0. The van der Waals surface area contributed by atoms with Gasteiger partial charge in [0, 0.05) is 18.3 Å². The third-order valence-electron chi connectivity index (χ3n) is 5.71. The Morgan fingerprint density at radius 1 is 0.909 bits per heavy atom. The van der Waals surface area contributed by atoms with Crippen LogP contribution in [0.1, 0.15) is 55.6 Å². The number of hydrogen-bond donors (Lipinski definition) is 1. The number of anilines is 1. The van der Waals surface area contributed by atoms with Crippen molar-refractivity contribution in [1.82, 2.24) is 9.80 Å². The van der Waals surface area contributed by atoms with E-state index in [0.717, 1.165) is 24.2 Å². The fraction of sp³-hybridized carbons (Fsp3) is 0.684. The molecule has 2 aliphatic heterocycles. The summed E-state index contributed by atoms with van der Waals surface area (Å²) in [6.45, 7) is 6.25. The summed E-state index contributed by atoms with van der Waals surface area (Å²) in [4.78, 5) is 5.35. The number of piperidine rings is 1. The molecule has 0 atom stereocenters. The van der Waals surface area contributed by atoms with Gasteiger partial charge >= 0.3 is 0 Å². The van der Waals surface area contributed by atoms with Crippen LogP contribution in [-0.4, -0.2) is 42.0 Å². The molecule has 3 fully saturated rings. The van der Waals surface area contributed by atoms with Crippen molar-refractivity contribution in [2.75, 3.05) is 31.9 Å². The van der Waals surface area contributed by atoms with Gasteiger partial charge in [-0.25, -0.2) is 0 Å². The van der Waals surface area contributed by atoms with Crippen LogP contribution in [0.3, 0.4) is 0 Å². The quantitative estimate of drug-likeness (QED) is 0.867. The van der Waals surface area contributed by atoms with Gasteiger partial charge in [0.25, 0.3) is 0 Å². The first-order valence-corrected chi connectivity index (χ1v) is 9.14. The second-order valence-electron chi connectivity index (χ2n) is 7.53. The van der Waals surface area contributed by atoms with Gasteiger partial charge in [0.05, 0.1) is 0 Å². The van der Waals surface area contributed by atoms with E-state index in [0.29, 0.717) is 0 Å². The summed E-state index contributed by atoms with van der Waals surface area (Å²) < 4.78 is 0. The molecule has 2 saturated heterocycles. The molecule has 0 unspecified atom stereocenters. The Morgan fingerprint density at radius 3 is 2.32 bits per heavy atom. The number of benzene rings is 1. The molecule has 3 nitrogen and oxygen atoms in total. The molecule has 0 radical (unpaired) electrons. The van der Waals surface area contributed by atoms with E-state index in [4.69, 9.17) is 5.73 Å². The van der Waals surface area contributed by atoms with Crippen LogP contribution in [0, 0.1) is 0 Å². The number of nitrogens with two attached hydrogens (primary N) is 1.